The van der Waals surface area contributed by atoms with E-state index in [1.807, 2.05) is 0 Å². The van der Waals surface area contributed by atoms with Crippen LogP contribution < -0.4 is 22.5 Å². The molecule has 4 fully saturated rings. The number of carbonyl (C=O) groups is 1. The highest BCUT2D eigenvalue weighted by molar-refractivity contribution is 5.98. The number of nitrogens with one attached hydrogen (secondary N) is 1. The molecule has 2 aliphatic heterocycles. The third-order valence-electron chi connectivity index (χ3n) is 8.31. The number of nitrogens with two attached hydrogens (primary N) is 3. The number of amides is 1. The second-order valence-electron chi connectivity index (χ2n) is 11.2. The molecule has 210 valence electrons. The fraction of sp³-hybridized carbons (Fsp3) is 0.607. The maximum atomic E-state index is 13.9. The molecule has 2 unspecified atom stereocenters. The minimum absolute atomic E-state index is 0.00900. The third kappa shape index (κ3) is 7.03. The number of nitrogens with zero attached hydrogens (tertiary/aromatic N) is 1. The van der Waals surface area contributed by atoms with Crippen LogP contribution in [0.3, 0.4) is 0 Å². The first kappa shape index (κ1) is 28.3. The van der Waals surface area contributed by atoms with Gasteiger partial charge in [-0.2, -0.15) is 0 Å². The Morgan fingerprint density at radius 2 is 1.71 bits per heavy atom. The van der Waals surface area contributed by atoms with Gasteiger partial charge in [0.2, 0.25) is 0 Å². The first-order valence-corrected chi connectivity index (χ1v) is 13.7. The van der Waals surface area contributed by atoms with E-state index in [1.54, 1.807) is 0 Å². The van der Waals surface area contributed by atoms with Crippen LogP contribution in [-0.2, 0) is 9.53 Å². The zero-order valence-electron chi connectivity index (χ0n) is 21.9. The molecule has 38 heavy (non-hydrogen) atoms. The molecule has 10 heteroatoms. The summed E-state index contributed by atoms with van der Waals surface area (Å²) in [5.41, 5.74) is 14.3. The zero-order valence-corrected chi connectivity index (χ0v) is 21.9. The number of likely N-dealkylation sites (tertiary alicyclic amines) is 1. The van der Waals surface area contributed by atoms with Crippen LogP contribution in [0.5, 0.6) is 0 Å². The van der Waals surface area contributed by atoms with Gasteiger partial charge in [-0.3, -0.25) is 4.79 Å². The molecule has 2 saturated carbocycles. The van der Waals surface area contributed by atoms with Gasteiger partial charge in [0, 0.05) is 55.9 Å². The number of allylic oxidation sites excluding steroid dienone is 2. The monoisotopic (exact) mass is 533 g/mol. The number of benzene rings is 1. The van der Waals surface area contributed by atoms with Crippen molar-refractivity contribution in [2.45, 2.75) is 57.0 Å². The van der Waals surface area contributed by atoms with Gasteiger partial charge in [-0.1, -0.05) is 6.42 Å². The van der Waals surface area contributed by atoms with E-state index in [2.05, 4.69) is 10.2 Å². The van der Waals surface area contributed by atoms with E-state index in [4.69, 9.17) is 21.9 Å². The molecular weight excluding hydrogens is 492 g/mol. The molecule has 2 aliphatic carbocycles. The lowest BCUT2D eigenvalue weighted by Crippen LogP contribution is -2.48. The van der Waals surface area contributed by atoms with Gasteiger partial charge in [0.1, 0.15) is 5.60 Å². The van der Waals surface area contributed by atoms with Gasteiger partial charge in [0.05, 0.1) is 5.82 Å². The van der Waals surface area contributed by atoms with Crippen molar-refractivity contribution in [3.63, 3.8) is 0 Å². The molecule has 0 radical (unpaired) electrons. The second-order valence-corrected chi connectivity index (χ2v) is 11.2. The quantitative estimate of drug-likeness (QED) is 0.354. The van der Waals surface area contributed by atoms with E-state index in [9.17, 15) is 18.7 Å². The first-order chi connectivity index (χ1) is 18.1. The number of ether oxygens (including phenoxy) is 1. The Labute approximate surface area is 223 Å². The third-order valence-corrected chi connectivity index (χ3v) is 8.31. The SMILES string of the molecule is C1CC2CN(CC3CCOCC3)CC2C1.NC(N)=C/C=C(\N)c1cc(NC(=O)C2(O)CCC2)cc(F)c1F. The fourth-order valence-electron chi connectivity index (χ4n) is 5.91. The van der Waals surface area contributed by atoms with Crippen LogP contribution in [0.25, 0.3) is 5.70 Å². The second kappa shape index (κ2) is 12.4. The van der Waals surface area contributed by atoms with Gasteiger partial charge in [-0.15, -0.1) is 0 Å². The Morgan fingerprint density at radius 1 is 1.05 bits per heavy atom. The minimum atomic E-state index is -1.46. The smallest absolute Gasteiger partial charge is 0.256 e. The van der Waals surface area contributed by atoms with Crippen molar-refractivity contribution in [1.82, 2.24) is 4.90 Å². The lowest BCUT2D eigenvalue weighted by atomic mass is 9.79. The summed E-state index contributed by atoms with van der Waals surface area (Å²) in [5, 5.41) is 12.3. The van der Waals surface area contributed by atoms with Crippen molar-refractivity contribution in [2.75, 3.05) is 38.2 Å². The maximum absolute atomic E-state index is 13.9. The predicted molar refractivity (Wildman–Crippen MR) is 143 cm³/mol. The van der Waals surface area contributed by atoms with E-state index in [0.29, 0.717) is 12.8 Å². The largest absolute Gasteiger partial charge is 0.398 e. The van der Waals surface area contributed by atoms with Crippen molar-refractivity contribution in [1.29, 1.82) is 0 Å². The molecule has 4 aliphatic rings. The van der Waals surface area contributed by atoms with Crippen LogP contribution in [0.15, 0.2) is 30.1 Å². The van der Waals surface area contributed by atoms with Crippen molar-refractivity contribution in [3.8, 4) is 0 Å². The van der Waals surface area contributed by atoms with Crippen LogP contribution in [0.2, 0.25) is 0 Å². The number of hydrogen-bond donors (Lipinski definition) is 5. The standard InChI is InChI=1S/C15H18F2N4O2.C13H23NO/c16-10-7-8(21-14(22)15(23)4-1-5-15)6-9(13(10)17)11(18)2-3-12(19)20;1-2-12-9-14(10-13(12)3-1)8-11-4-6-15-7-5-11/h2-3,6-7,23H,1,4-5,18-20H2,(H,21,22);11-13H,1-10H2/b11-2-;. The average molecular weight is 534 g/mol. The Bertz CT molecular complexity index is 1040. The summed E-state index contributed by atoms with van der Waals surface area (Å²) in [4.78, 5) is 14.7. The molecule has 8 N–H and O–H groups in total. The van der Waals surface area contributed by atoms with Crippen LogP contribution in [0, 0.1) is 29.4 Å². The van der Waals surface area contributed by atoms with Crippen LogP contribution in [-0.4, -0.2) is 54.4 Å². The van der Waals surface area contributed by atoms with Crippen molar-refractivity contribution >= 4 is 17.3 Å². The van der Waals surface area contributed by atoms with Crippen molar-refractivity contribution in [3.05, 3.63) is 47.3 Å². The molecular formula is C28H41F2N5O3. The van der Waals surface area contributed by atoms with E-state index >= 15 is 0 Å². The van der Waals surface area contributed by atoms with E-state index < -0.39 is 23.1 Å². The number of aliphatic hydroxyl groups is 1. The first-order valence-electron chi connectivity index (χ1n) is 13.7. The molecule has 2 atom stereocenters. The molecule has 0 spiro atoms. The lowest BCUT2D eigenvalue weighted by molar-refractivity contribution is -0.142. The summed E-state index contributed by atoms with van der Waals surface area (Å²) in [5.74, 6) is -0.00495. The van der Waals surface area contributed by atoms with Gasteiger partial charge < -0.3 is 37.3 Å². The molecule has 5 rings (SSSR count). The molecule has 0 aromatic heterocycles. The number of anilines is 1. The van der Waals surface area contributed by atoms with E-state index in [1.165, 1.54) is 70.0 Å². The number of rotatable bonds is 6. The highest BCUT2D eigenvalue weighted by Crippen LogP contribution is 2.38. The number of fused-ring (bicyclic) bond motifs is 1. The molecule has 8 nitrogen and oxygen atoms in total. The number of hydrogen-bond acceptors (Lipinski definition) is 7. The zero-order chi connectivity index (χ0) is 27.3. The summed E-state index contributed by atoms with van der Waals surface area (Å²) >= 11 is 0. The van der Waals surface area contributed by atoms with Gasteiger partial charge in [-0.05, 0) is 80.9 Å². The summed E-state index contributed by atoms with van der Waals surface area (Å²) < 4.78 is 33.0. The van der Waals surface area contributed by atoms with Crippen LogP contribution in [0.4, 0.5) is 14.5 Å². The average Bonchev–Trinajstić information content (AvgIpc) is 3.46. The highest BCUT2D eigenvalue weighted by Gasteiger charge is 2.42. The Balaban J connectivity index is 0.000000192. The Morgan fingerprint density at radius 3 is 2.29 bits per heavy atom. The predicted octanol–water partition coefficient (Wildman–Crippen LogP) is 3.02. The van der Waals surface area contributed by atoms with Crippen molar-refractivity contribution in [2.24, 2.45) is 35.0 Å². The van der Waals surface area contributed by atoms with Crippen LogP contribution in [0.1, 0.15) is 56.9 Å². The number of halogens is 2. The molecule has 1 aromatic carbocycles. The lowest BCUT2D eigenvalue weighted by Gasteiger charge is -2.34. The highest BCUT2D eigenvalue weighted by atomic mass is 19.2. The van der Waals surface area contributed by atoms with Gasteiger partial charge in [0.15, 0.2) is 11.6 Å². The van der Waals surface area contributed by atoms with E-state index in [0.717, 1.165) is 43.5 Å². The Kier molecular flexibility index (Phi) is 9.27. The summed E-state index contributed by atoms with van der Waals surface area (Å²) in [6.45, 7) is 6.18. The molecule has 0 bridgehead atoms. The van der Waals surface area contributed by atoms with Gasteiger partial charge >= 0.3 is 0 Å². The minimum Gasteiger partial charge on any atom is -0.398 e. The fourth-order valence-corrected chi connectivity index (χ4v) is 5.91. The van der Waals surface area contributed by atoms with Crippen LogP contribution >= 0.6 is 0 Å². The summed E-state index contributed by atoms with van der Waals surface area (Å²) in [6, 6.07) is 1.99. The van der Waals surface area contributed by atoms with Crippen molar-refractivity contribution < 1.29 is 23.4 Å². The van der Waals surface area contributed by atoms with E-state index in [-0.39, 0.29) is 22.8 Å². The molecule has 2 heterocycles. The Hall–Kier alpha value is -2.69. The summed E-state index contributed by atoms with van der Waals surface area (Å²) in [6.07, 6.45) is 11.0. The van der Waals surface area contributed by atoms with Gasteiger partial charge in [0.25, 0.3) is 5.91 Å². The van der Waals surface area contributed by atoms with Gasteiger partial charge in [-0.25, -0.2) is 8.78 Å². The molecule has 1 aromatic rings. The normalized spacial score (nSPS) is 25.1. The maximum Gasteiger partial charge on any atom is 0.256 e. The molecule has 2 saturated heterocycles. The topological polar surface area (TPSA) is 140 Å². The number of carbonyl (C=O) groups excluding carboxylic acids is 1. The summed E-state index contributed by atoms with van der Waals surface area (Å²) in [7, 11) is 0. The molecule has 1 amide bonds.